The molecular weight excluding hydrogens is 532 g/mol. The molecule has 0 fully saturated rings. The molecule has 0 aliphatic heterocycles. The molecule has 0 unspecified atom stereocenters. The number of sulfonamides is 1. The Bertz CT molecular complexity index is 1120. The first-order valence-electron chi connectivity index (χ1n) is 9.79. The van der Waals surface area contributed by atoms with Crippen LogP contribution in [0, 0.1) is 0 Å². The molecule has 0 aromatic heterocycles. The molecule has 2 aromatic rings. The lowest BCUT2D eigenvalue weighted by atomic mass is 10.1. The summed E-state index contributed by atoms with van der Waals surface area (Å²) in [4.78, 5) is 27.2. The molecule has 180 valence electrons. The summed E-state index contributed by atoms with van der Waals surface area (Å²) in [5.41, 5.74) is 0.513. The molecule has 1 N–H and O–H groups in total. The maximum Gasteiger partial charge on any atom is 0.244 e. The first-order valence-corrected chi connectivity index (χ1v) is 13.2. The Hall–Kier alpha value is -1.71. The average Bonchev–Trinajstić information content (AvgIpc) is 2.71. The van der Waals surface area contributed by atoms with Gasteiger partial charge in [0.25, 0.3) is 0 Å². The van der Waals surface area contributed by atoms with Crippen molar-refractivity contribution in [2.45, 2.75) is 26.4 Å². The number of amides is 2. The molecule has 1 atom stereocenters. The van der Waals surface area contributed by atoms with Crippen molar-refractivity contribution in [3.05, 3.63) is 62.1 Å². The number of carbonyl (C=O) groups excluding carboxylic acids is 2. The van der Waals surface area contributed by atoms with E-state index in [1.165, 1.54) is 30.0 Å². The summed E-state index contributed by atoms with van der Waals surface area (Å²) < 4.78 is 25.9. The van der Waals surface area contributed by atoms with Gasteiger partial charge >= 0.3 is 0 Å². The van der Waals surface area contributed by atoms with E-state index in [9.17, 15) is 18.0 Å². The first kappa shape index (κ1) is 27.5. The summed E-state index contributed by atoms with van der Waals surface area (Å²) in [6.07, 6.45) is 0.952. The van der Waals surface area contributed by atoms with Crippen molar-refractivity contribution in [1.29, 1.82) is 0 Å². The number of nitrogens with zero attached hydrogens (tertiary/aromatic N) is 2. The van der Waals surface area contributed by atoms with E-state index in [1.54, 1.807) is 25.1 Å². The lowest BCUT2D eigenvalue weighted by Gasteiger charge is -2.32. The van der Waals surface area contributed by atoms with Gasteiger partial charge in [-0.15, -0.1) is 0 Å². The number of halogens is 4. The summed E-state index contributed by atoms with van der Waals surface area (Å²) in [6, 6.07) is 8.18. The fourth-order valence-corrected chi connectivity index (χ4v) is 4.98. The number of rotatable bonds is 9. The van der Waals surface area contributed by atoms with Crippen molar-refractivity contribution >= 4 is 73.9 Å². The van der Waals surface area contributed by atoms with Gasteiger partial charge in [0.05, 0.1) is 17.0 Å². The second-order valence-corrected chi connectivity index (χ2v) is 10.7. The molecule has 0 saturated heterocycles. The maximum atomic E-state index is 13.4. The monoisotopic (exact) mass is 553 g/mol. The van der Waals surface area contributed by atoms with Crippen LogP contribution in [0.1, 0.15) is 19.4 Å². The predicted molar refractivity (Wildman–Crippen MR) is 134 cm³/mol. The second-order valence-electron chi connectivity index (χ2n) is 7.16. The van der Waals surface area contributed by atoms with Gasteiger partial charge in [-0.1, -0.05) is 52.5 Å². The molecular formula is C21H23Cl4N3O4S. The van der Waals surface area contributed by atoms with Crippen LogP contribution < -0.4 is 9.62 Å². The second kappa shape index (κ2) is 11.6. The largest absolute Gasteiger partial charge is 0.355 e. The van der Waals surface area contributed by atoms with Gasteiger partial charge in [0.1, 0.15) is 12.6 Å². The van der Waals surface area contributed by atoms with Crippen LogP contribution in [0.5, 0.6) is 0 Å². The van der Waals surface area contributed by atoms with E-state index in [0.717, 1.165) is 10.6 Å². The Labute approximate surface area is 213 Å². The lowest BCUT2D eigenvalue weighted by Crippen LogP contribution is -2.51. The third-order valence-corrected chi connectivity index (χ3v) is 7.14. The zero-order chi connectivity index (χ0) is 24.9. The number of hydrogen-bond acceptors (Lipinski definition) is 4. The van der Waals surface area contributed by atoms with Crippen LogP contribution in [0.3, 0.4) is 0 Å². The van der Waals surface area contributed by atoms with Crippen molar-refractivity contribution in [2.75, 3.05) is 23.7 Å². The van der Waals surface area contributed by atoms with E-state index in [-0.39, 0.29) is 17.3 Å². The van der Waals surface area contributed by atoms with Crippen LogP contribution in [0.2, 0.25) is 20.1 Å². The van der Waals surface area contributed by atoms with Crippen molar-refractivity contribution in [3.8, 4) is 0 Å². The van der Waals surface area contributed by atoms with Crippen LogP contribution in [-0.4, -0.2) is 50.5 Å². The van der Waals surface area contributed by atoms with E-state index >= 15 is 0 Å². The van der Waals surface area contributed by atoms with Crippen LogP contribution in [0.4, 0.5) is 5.69 Å². The van der Waals surface area contributed by atoms with Gasteiger partial charge in [-0.2, -0.15) is 0 Å². The molecule has 33 heavy (non-hydrogen) atoms. The highest BCUT2D eigenvalue weighted by Gasteiger charge is 2.31. The minimum absolute atomic E-state index is 0.0539. The molecule has 0 aliphatic rings. The molecule has 0 spiro atoms. The van der Waals surface area contributed by atoms with Gasteiger partial charge in [0.2, 0.25) is 21.8 Å². The standard InChI is InChI=1S/C21H23Cl4N3O4S/c1-4-26-21(30)13(2)27(11-15-16(23)6-5-7-17(15)24)20(29)12-28(33(3,31)32)19-9-8-14(22)10-18(19)25/h5-10,13H,4,11-12H2,1-3H3,(H,26,30)/t13-/m0/s1. The zero-order valence-electron chi connectivity index (χ0n) is 18.1. The number of carbonyl (C=O) groups is 2. The number of hydrogen-bond donors (Lipinski definition) is 1. The fraction of sp³-hybridized carbons (Fsp3) is 0.333. The van der Waals surface area contributed by atoms with Crippen molar-refractivity contribution in [2.24, 2.45) is 0 Å². The molecule has 0 aliphatic carbocycles. The fourth-order valence-electron chi connectivity index (χ4n) is 3.04. The summed E-state index contributed by atoms with van der Waals surface area (Å²) >= 11 is 24.7. The summed E-state index contributed by atoms with van der Waals surface area (Å²) in [6.45, 7) is 2.92. The Kier molecular flexibility index (Phi) is 9.70. The SMILES string of the molecule is CCNC(=O)[C@H](C)N(Cc1c(Cl)cccc1Cl)C(=O)CN(c1ccc(Cl)cc1Cl)S(C)(=O)=O. The third kappa shape index (κ3) is 7.13. The third-order valence-electron chi connectivity index (χ3n) is 4.77. The summed E-state index contributed by atoms with van der Waals surface area (Å²) in [5.74, 6) is -1.06. The average molecular weight is 555 g/mol. The normalized spacial score (nSPS) is 12.2. The number of benzene rings is 2. The van der Waals surface area contributed by atoms with Crippen LogP contribution in [0.25, 0.3) is 0 Å². The van der Waals surface area contributed by atoms with E-state index in [1.807, 2.05) is 0 Å². The van der Waals surface area contributed by atoms with E-state index in [0.29, 0.717) is 27.2 Å². The molecule has 0 heterocycles. The quantitative estimate of drug-likeness (QED) is 0.490. The summed E-state index contributed by atoms with van der Waals surface area (Å²) in [7, 11) is -3.92. The molecule has 2 amide bonds. The van der Waals surface area contributed by atoms with Gasteiger partial charge in [0, 0.05) is 33.7 Å². The van der Waals surface area contributed by atoms with Gasteiger partial charge < -0.3 is 10.2 Å². The zero-order valence-corrected chi connectivity index (χ0v) is 22.0. The number of nitrogens with one attached hydrogen (secondary N) is 1. The van der Waals surface area contributed by atoms with Gasteiger partial charge in [0.15, 0.2) is 0 Å². The van der Waals surface area contributed by atoms with Crippen molar-refractivity contribution in [3.63, 3.8) is 0 Å². The van der Waals surface area contributed by atoms with Crippen molar-refractivity contribution < 1.29 is 18.0 Å². The first-order chi connectivity index (χ1) is 15.4. The Morgan fingerprint density at radius 3 is 2.15 bits per heavy atom. The molecule has 7 nitrogen and oxygen atoms in total. The molecule has 0 saturated carbocycles. The van der Waals surface area contributed by atoms with Gasteiger partial charge in [-0.05, 0) is 44.2 Å². The molecule has 12 heteroatoms. The topological polar surface area (TPSA) is 86.8 Å². The Morgan fingerprint density at radius 2 is 1.64 bits per heavy atom. The highest BCUT2D eigenvalue weighted by molar-refractivity contribution is 7.92. The minimum atomic E-state index is -3.92. The molecule has 0 bridgehead atoms. The summed E-state index contributed by atoms with van der Waals surface area (Å²) in [5, 5.41) is 3.64. The van der Waals surface area contributed by atoms with Crippen LogP contribution in [0.15, 0.2) is 36.4 Å². The Morgan fingerprint density at radius 1 is 1.03 bits per heavy atom. The van der Waals surface area contributed by atoms with E-state index in [4.69, 9.17) is 46.4 Å². The van der Waals surface area contributed by atoms with E-state index in [2.05, 4.69) is 5.32 Å². The van der Waals surface area contributed by atoms with Gasteiger partial charge in [-0.3, -0.25) is 13.9 Å². The van der Waals surface area contributed by atoms with E-state index < -0.39 is 34.4 Å². The molecule has 2 rings (SSSR count). The maximum absolute atomic E-state index is 13.4. The highest BCUT2D eigenvalue weighted by atomic mass is 35.5. The number of likely N-dealkylation sites (N-methyl/N-ethyl adjacent to an activating group) is 1. The smallest absolute Gasteiger partial charge is 0.244 e. The van der Waals surface area contributed by atoms with Crippen LogP contribution in [-0.2, 0) is 26.2 Å². The molecule has 0 radical (unpaired) electrons. The van der Waals surface area contributed by atoms with Gasteiger partial charge in [-0.25, -0.2) is 8.42 Å². The lowest BCUT2D eigenvalue weighted by molar-refractivity contribution is -0.139. The molecule has 2 aromatic carbocycles. The minimum Gasteiger partial charge on any atom is -0.355 e. The van der Waals surface area contributed by atoms with Crippen LogP contribution >= 0.6 is 46.4 Å². The van der Waals surface area contributed by atoms with Crippen molar-refractivity contribution in [1.82, 2.24) is 10.2 Å². The highest BCUT2D eigenvalue weighted by Crippen LogP contribution is 2.31. The number of anilines is 1. The Balaban J connectivity index is 2.48. The predicted octanol–water partition coefficient (Wildman–Crippen LogP) is 4.62.